The highest BCUT2D eigenvalue weighted by molar-refractivity contribution is 6.30. The maximum atomic E-state index is 12.9. The van der Waals surface area contributed by atoms with Crippen molar-refractivity contribution in [2.45, 2.75) is 45.4 Å². The van der Waals surface area contributed by atoms with Crippen molar-refractivity contribution in [3.8, 4) is 0 Å². The molecule has 3 amide bonds. The second kappa shape index (κ2) is 8.39. The van der Waals surface area contributed by atoms with Gasteiger partial charge in [0.05, 0.1) is 5.69 Å². The third kappa shape index (κ3) is 4.07. The van der Waals surface area contributed by atoms with E-state index in [4.69, 9.17) is 0 Å². The Morgan fingerprint density at radius 3 is 2.14 bits per heavy atom. The van der Waals surface area contributed by atoms with Crippen LogP contribution in [0, 0.1) is 5.92 Å². The van der Waals surface area contributed by atoms with Gasteiger partial charge >= 0.3 is 0 Å². The Balaban J connectivity index is 1.46. The van der Waals surface area contributed by atoms with E-state index in [9.17, 15) is 14.4 Å². The molecular weight excluding hydrogens is 366 g/mol. The van der Waals surface area contributed by atoms with E-state index in [0.717, 1.165) is 51.9 Å². The minimum absolute atomic E-state index is 0.0266. The number of likely N-dealkylation sites (tertiary alicyclic amines) is 2. The minimum atomic E-state index is -0.310. The van der Waals surface area contributed by atoms with E-state index in [1.165, 1.54) is 23.8 Å². The summed E-state index contributed by atoms with van der Waals surface area (Å²) in [5, 5.41) is 0. The second-order valence-electron chi connectivity index (χ2n) is 8.43. The van der Waals surface area contributed by atoms with E-state index in [1.807, 2.05) is 9.80 Å². The molecule has 0 unspecified atom stereocenters. The van der Waals surface area contributed by atoms with Crippen LogP contribution in [0.25, 0.3) is 0 Å². The first-order valence-electron chi connectivity index (χ1n) is 10.8. The Kier molecular flexibility index (Phi) is 5.69. The number of hydrogen-bond acceptors (Lipinski definition) is 4. The molecule has 3 aliphatic rings. The molecule has 0 aliphatic carbocycles. The lowest BCUT2D eigenvalue weighted by molar-refractivity contribution is -0.121. The molecule has 1 aromatic rings. The van der Waals surface area contributed by atoms with Gasteiger partial charge in [0.1, 0.15) is 5.70 Å². The van der Waals surface area contributed by atoms with Crippen molar-refractivity contribution >= 4 is 23.4 Å². The van der Waals surface area contributed by atoms with Crippen LogP contribution in [0.2, 0.25) is 0 Å². The van der Waals surface area contributed by atoms with Crippen LogP contribution in [0.4, 0.5) is 5.69 Å². The van der Waals surface area contributed by atoms with Crippen LogP contribution in [0.3, 0.4) is 0 Å². The van der Waals surface area contributed by atoms with Gasteiger partial charge in [0, 0.05) is 37.8 Å². The number of carbonyl (C=O) groups excluding carboxylic acids is 3. The van der Waals surface area contributed by atoms with Gasteiger partial charge in [0.2, 0.25) is 0 Å². The SMILES string of the molecule is CC1CCN(C2=CC(=O)N(c3ccc(C(=O)N4CCCCCC4)cc3)C2=O)CC1. The van der Waals surface area contributed by atoms with Gasteiger partial charge in [-0.2, -0.15) is 0 Å². The first-order chi connectivity index (χ1) is 14.0. The quantitative estimate of drug-likeness (QED) is 0.738. The molecule has 1 aromatic carbocycles. The number of carbonyl (C=O) groups is 3. The van der Waals surface area contributed by atoms with Crippen molar-refractivity contribution in [3.05, 3.63) is 41.6 Å². The van der Waals surface area contributed by atoms with E-state index in [0.29, 0.717) is 22.9 Å². The van der Waals surface area contributed by atoms with Crippen molar-refractivity contribution in [1.82, 2.24) is 9.80 Å². The molecule has 3 heterocycles. The third-order valence-corrected chi connectivity index (χ3v) is 6.29. The zero-order valence-corrected chi connectivity index (χ0v) is 17.1. The maximum absolute atomic E-state index is 12.9. The first kappa shape index (κ1) is 19.7. The minimum Gasteiger partial charge on any atom is -0.367 e. The first-order valence-corrected chi connectivity index (χ1v) is 10.8. The Hall–Kier alpha value is -2.63. The van der Waals surface area contributed by atoms with E-state index in [-0.39, 0.29) is 17.7 Å². The molecule has 0 bridgehead atoms. The molecule has 0 saturated carbocycles. The number of imide groups is 1. The summed E-state index contributed by atoms with van der Waals surface area (Å²) in [6.07, 6.45) is 7.96. The monoisotopic (exact) mass is 395 g/mol. The van der Waals surface area contributed by atoms with Crippen LogP contribution in [-0.2, 0) is 9.59 Å². The highest BCUT2D eigenvalue weighted by atomic mass is 16.2. The molecule has 6 nitrogen and oxygen atoms in total. The Morgan fingerprint density at radius 1 is 0.897 bits per heavy atom. The van der Waals surface area contributed by atoms with Crippen LogP contribution >= 0.6 is 0 Å². The summed E-state index contributed by atoms with van der Waals surface area (Å²) in [5.74, 6) is 0.106. The molecule has 29 heavy (non-hydrogen) atoms. The zero-order valence-electron chi connectivity index (χ0n) is 17.1. The fourth-order valence-electron chi connectivity index (χ4n) is 4.39. The van der Waals surface area contributed by atoms with Crippen molar-refractivity contribution in [2.24, 2.45) is 5.92 Å². The van der Waals surface area contributed by atoms with Gasteiger partial charge in [-0.1, -0.05) is 19.8 Å². The molecule has 154 valence electrons. The van der Waals surface area contributed by atoms with Crippen LogP contribution < -0.4 is 4.90 Å². The van der Waals surface area contributed by atoms with Crippen LogP contribution in [0.1, 0.15) is 55.8 Å². The number of hydrogen-bond donors (Lipinski definition) is 0. The molecular formula is C23H29N3O3. The number of amides is 3. The molecule has 6 heteroatoms. The summed E-state index contributed by atoms with van der Waals surface area (Å²) in [7, 11) is 0. The summed E-state index contributed by atoms with van der Waals surface area (Å²) in [4.78, 5) is 43.4. The topological polar surface area (TPSA) is 60.9 Å². The maximum Gasteiger partial charge on any atom is 0.281 e. The lowest BCUT2D eigenvalue weighted by atomic mass is 9.99. The molecule has 0 atom stereocenters. The highest BCUT2D eigenvalue weighted by Gasteiger charge is 2.36. The number of nitrogens with zero attached hydrogens (tertiary/aromatic N) is 3. The highest BCUT2D eigenvalue weighted by Crippen LogP contribution is 2.28. The van der Waals surface area contributed by atoms with E-state index in [2.05, 4.69) is 6.92 Å². The van der Waals surface area contributed by atoms with E-state index >= 15 is 0 Å². The molecule has 0 N–H and O–H groups in total. The molecule has 2 fully saturated rings. The number of rotatable bonds is 3. The van der Waals surface area contributed by atoms with E-state index in [1.54, 1.807) is 24.3 Å². The smallest absolute Gasteiger partial charge is 0.281 e. The van der Waals surface area contributed by atoms with E-state index < -0.39 is 0 Å². The summed E-state index contributed by atoms with van der Waals surface area (Å²) in [5.41, 5.74) is 1.61. The van der Waals surface area contributed by atoms with Crippen LogP contribution in [0.15, 0.2) is 36.0 Å². The molecule has 0 spiro atoms. The molecule has 2 saturated heterocycles. The predicted octanol–water partition coefficient (Wildman–Crippen LogP) is 3.19. The van der Waals surface area contributed by atoms with Crippen LogP contribution in [-0.4, -0.2) is 53.7 Å². The van der Waals surface area contributed by atoms with Gasteiger partial charge in [-0.05, 0) is 55.9 Å². The van der Waals surface area contributed by atoms with Crippen molar-refractivity contribution in [1.29, 1.82) is 0 Å². The lowest BCUT2D eigenvalue weighted by Crippen LogP contribution is -2.38. The normalized spacial score (nSPS) is 21.4. The summed E-state index contributed by atoms with van der Waals surface area (Å²) < 4.78 is 0. The average molecular weight is 396 g/mol. The van der Waals surface area contributed by atoms with Crippen molar-refractivity contribution in [2.75, 3.05) is 31.1 Å². The summed E-state index contributed by atoms with van der Waals surface area (Å²) in [6, 6.07) is 6.86. The zero-order chi connectivity index (χ0) is 20.4. The summed E-state index contributed by atoms with van der Waals surface area (Å²) in [6.45, 7) is 5.43. The van der Waals surface area contributed by atoms with Crippen molar-refractivity contribution in [3.63, 3.8) is 0 Å². The Labute approximate surface area is 172 Å². The van der Waals surface area contributed by atoms with Gasteiger partial charge in [0.15, 0.2) is 0 Å². The van der Waals surface area contributed by atoms with Gasteiger partial charge in [-0.3, -0.25) is 14.4 Å². The number of piperidine rings is 1. The molecule has 3 aliphatic heterocycles. The predicted molar refractivity (Wildman–Crippen MR) is 111 cm³/mol. The Morgan fingerprint density at radius 2 is 1.52 bits per heavy atom. The second-order valence-corrected chi connectivity index (χ2v) is 8.43. The average Bonchev–Trinajstić information content (AvgIpc) is 2.91. The standard InChI is InChI=1S/C23H29N3O3/c1-17-10-14-24(15-11-17)20-16-21(27)26(23(20)29)19-8-6-18(7-9-19)22(28)25-12-4-2-3-5-13-25/h6-9,16-17H,2-5,10-15H2,1H3. The van der Waals surface area contributed by atoms with Gasteiger partial charge in [0.25, 0.3) is 17.7 Å². The Bertz CT molecular complexity index is 814. The number of benzene rings is 1. The fourth-order valence-corrected chi connectivity index (χ4v) is 4.39. The summed E-state index contributed by atoms with van der Waals surface area (Å²) >= 11 is 0. The van der Waals surface area contributed by atoms with Gasteiger partial charge in [-0.15, -0.1) is 0 Å². The van der Waals surface area contributed by atoms with Gasteiger partial charge in [-0.25, -0.2) is 4.90 Å². The fraction of sp³-hybridized carbons (Fsp3) is 0.522. The number of anilines is 1. The molecule has 0 radical (unpaired) electrons. The van der Waals surface area contributed by atoms with Crippen molar-refractivity contribution < 1.29 is 14.4 Å². The third-order valence-electron chi connectivity index (χ3n) is 6.29. The lowest BCUT2D eigenvalue weighted by Gasteiger charge is -2.32. The van der Waals surface area contributed by atoms with Crippen LogP contribution in [0.5, 0.6) is 0 Å². The van der Waals surface area contributed by atoms with Gasteiger partial charge < -0.3 is 9.80 Å². The molecule has 0 aromatic heterocycles. The molecule has 4 rings (SSSR count). The largest absolute Gasteiger partial charge is 0.367 e.